The fourth-order valence-corrected chi connectivity index (χ4v) is 3.37. The first-order valence-corrected chi connectivity index (χ1v) is 11.4. The van der Waals surface area contributed by atoms with Gasteiger partial charge in [0, 0.05) is 0 Å². The predicted molar refractivity (Wildman–Crippen MR) is 122 cm³/mol. The van der Waals surface area contributed by atoms with Crippen LogP contribution in [0.3, 0.4) is 0 Å². The molecule has 0 aliphatic rings. The number of phenols is 1. The molecule has 0 aliphatic carbocycles. The van der Waals surface area contributed by atoms with Crippen molar-refractivity contribution in [1.29, 1.82) is 0 Å². The lowest BCUT2D eigenvalue weighted by Crippen LogP contribution is -2.11. The molecule has 1 N–H and O–H groups in total. The highest BCUT2D eigenvalue weighted by molar-refractivity contribution is 5.91. The van der Waals surface area contributed by atoms with E-state index < -0.39 is 5.63 Å². The summed E-state index contributed by atoms with van der Waals surface area (Å²) in [5, 5.41) is 10.7. The molecule has 0 amide bonds. The number of hydrogen-bond acceptors (Lipinski definition) is 5. The van der Waals surface area contributed by atoms with Crippen LogP contribution in [0.5, 0.6) is 17.2 Å². The van der Waals surface area contributed by atoms with Crippen LogP contribution in [0.1, 0.15) is 78.1 Å². The lowest BCUT2D eigenvalue weighted by atomic mass is 10.1. The van der Waals surface area contributed by atoms with E-state index >= 15 is 0 Å². The molecule has 0 bridgehead atoms. The Morgan fingerprint density at radius 3 is 2.33 bits per heavy atom. The van der Waals surface area contributed by atoms with Crippen molar-refractivity contribution in [2.24, 2.45) is 0 Å². The minimum absolute atomic E-state index is 0.0119. The minimum atomic E-state index is -0.585. The van der Waals surface area contributed by atoms with Crippen molar-refractivity contribution in [2.75, 3.05) is 13.2 Å². The molecule has 2 rings (SSSR count). The maximum absolute atomic E-state index is 12.5. The number of ether oxygens (including phenoxy) is 2. The van der Waals surface area contributed by atoms with Crippen molar-refractivity contribution in [2.45, 2.75) is 78.1 Å². The van der Waals surface area contributed by atoms with E-state index in [-0.39, 0.29) is 17.2 Å². The third-order valence-corrected chi connectivity index (χ3v) is 5.00. The molecule has 0 radical (unpaired) electrons. The van der Waals surface area contributed by atoms with Gasteiger partial charge in [0.25, 0.3) is 0 Å². The molecule has 0 aliphatic heterocycles. The van der Waals surface area contributed by atoms with E-state index in [1.165, 1.54) is 38.5 Å². The summed E-state index contributed by atoms with van der Waals surface area (Å²) in [6.45, 7) is 5.10. The van der Waals surface area contributed by atoms with E-state index in [9.17, 15) is 9.90 Å². The number of allylic oxidation sites excluding steroid dienone is 1. The molecule has 0 spiro atoms. The second-order valence-corrected chi connectivity index (χ2v) is 7.54. The molecule has 2 aromatic rings. The van der Waals surface area contributed by atoms with E-state index in [4.69, 9.17) is 13.9 Å². The molecule has 0 saturated carbocycles. The number of aromatic hydroxyl groups is 1. The molecule has 1 heterocycles. The van der Waals surface area contributed by atoms with Crippen molar-refractivity contribution in [3.8, 4) is 17.2 Å². The molecule has 0 unspecified atom stereocenters. The van der Waals surface area contributed by atoms with Gasteiger partial charge in [-0.3, -0.25) is 0 Å². The Balaban J connectivity index is 2.02. The summed E-state index contributed by atoms with van der Waals surface area (Å²) in [6.07, 6.45) is 15.3. The van der Waals surface area contributed by atoms with Gasteiger partial charge in [-0.25, -0.2) is 4.79 Å². The van der Waals surface area contributed by atoms with Crippen LogP contribution in [0.4, 0.5) is 0 Å². The first kappa shape index (κ1) is 23.8. The molecule has 0 fully saturated rings. The number of phenolic OH excluding ortho intramolecular Hbond substituents is 1. The maximum Gasteiger partial charge on any atom is 0.383 e. The van der Waals surface area contributed by atoms with E-state index in [1.54, 1.807) is 18.2 Å². The molecule has 166 valence electrons. The van der Waals surface area contributed by atoms with Gasteiger partial charge in [0.1, 0.15) is 16.7 Å². The standard InChI is InChI=1S/C25H36O5/c1-3-5-7-9-10-11-12-14-18-28-23-22-20(26)16-15-17-21(22)30-25(27)24(23)29-19-13-8-6-4-2/h6,8,15-17,26H,3-5,7,9-14,18-19H2,1-2H3. The van der Waals surface area contributed by atoms with Crippen LogP contribution in [-0.2, 0) is 0 Å². The quantitative estimate of drug-likeness (QED) is 0.197. The van der Waals surface area contributed by atoms with Gasteiger partial charge >= 0.3 is 5.63 Å². The van der Waals surface area contributed by atoms with Gasteiger partial charge in [-0.1, -0.05) is 77.0 Å². The highest BCUT2D eigenvalue weighted by Gasteiger charge is 2.20. The van der Waals surface area contributed by atoms with Gasteiger partial charge in [-0.2, -0.15) is 0 Å². The highest BCUT2D eigenvalue weighted by atomic mass is 16.5. The van der Waals surface area contributed by atoms with E-state index in [0.29, 0.717) is 30.6 Å². The average Bonchev–Trinajstić information content (AvgIpc) is 2.73. The smallest absolute Gasteiger partial charge is 0.383 e. The minimum Gasteiger partial charge on any atom is -0.507 e. The Kier molecular flexibility index (Phi) is 10.9. The van der Waals surface area contributed by atoms with Crippen molar-refractivity contribution in [3.05, 3.63) is 40.8 Å². The summed E-state index contributed by atoms with van der Waals surface area (Å²) in [4.78, 5) is 12.5. The molecule has 1 aromatic heterocycles. The number of benzene rings is 1. The topological polar surface area (TPSA) is 68.9 Å². The molecule has 0 saturated heterocycles. The van der Waals surface area contributed by atoms with E-state index in [2.05, 4.69) is 19.9 Å². The van der Waals surface area contributed by atoms with Crippen LogP contribution < -0.4 is 15.1 Å². The third-order valence-electron chi connectivity index (χ3n) is 5.00. The molecular weight excluding hydrogens is 380 g/mol. The number of unbranched alkanes of at least 4 members (excludes halogenated alkanes) is 7. The summed E-state index contributed by atoms with van der Waals surface area (Å²) in [7, 11) is 0. The normalized spacial score (nSPS) is 11.4. The molecule has 30 heavy (non-hydrogen) atoms. The summed E-state index contributed by atoms with van der Waals surface area (Å²) in [5.74, 6) is 0.327. The second-order valence-electron chi connectivity index (χ2n) is 7.54. The summed E-state index contributed by atoms with van der Waals surface area (Å²) in [6, 6.07) is 4.84. The van der Waals surface area contributed by atoms with Crippen molar-refractivity contribution >= 4 is 11.0 Å². The number of rotatable bonds is 15. The first-order valence-electron chi connectivity index (χ1n) is 11.4. The van der Waals surface area contributed by atoms with Gasteiger partial charge in [-0.05, 0) is 31.4 Å². The molecule has 5 heteroatoms. The second kappa shape index (κ2) is 13.7. The molecule has 0 atom stereocenters. The SMILES string of the molecule is CCC=CCCOc1c(OCCCCCCCCCC)c2c(O)cccc2oc1=O. The monoisotopic (exact) mass is 416 g/mol. The molecule has 1 aromatic carbocycles. The lowest BCUT2D eigenvalue weighted by Gasteiger charge is -2.14. The highest BCUT2D eigenvalue weighted by Crippen LogP contribution is 2.38. The predicted octanol–water partition coefficient (Wildman–Crippen LogP) is 6.75. The van der Waals surface area contributed by atoms with Gasteiger partial charge in [0.2, 0.25) is 5.75 Å². The Labute approximate surface area is 179 Å². The van der Waals surface area contributed by atoms with Gasteiger partial charge in [0.15, 0.2) is 5.75 Å². The third kappa shape index (κ3) is 7.43. The molecular formula is C25H36O5. The van der Waals surface area contributed by atoms with Crippen molar-refractivity contribution in [1.82, 2.24) is 0 Å². The maximum atomic E-state index is 12.5. The fourth-order valence-electron chi connectivity index (χ4n) is 3.37. The zero-order chi connectivity index (χ0) is 21.6. The van der Waals surface area contributed by atoms with E-state index in [1.807, 2.05) is 6.08 Å². The van der Waals surface area contributed by atoms with Gasteiger partial charge in [0.05, 0.1) is 13.2 Å². The van der Waals surface area contributed by atoms with Crippen LogP contribution in [0.15, 0.2) is 39.6 Å². The Morgan fingerprint density at radius 2 is 1.60 bits per heavy atom. The van der Waals surface area contributed by atoms with Crippen LogP contribution >= 0.6 is 0 Å². The molecule has 5 nitrogen and oxygen atoms in total. The van der Waals surface area contributed by atoms with Gasteiger partial charge in [-0.15, -0.1) is 0 Å². The Bertz CT molecular complexity index is 837. The summed E-state index contributed by atoms with van der Waals surface area (Å²) >= 11 is 0. The lowest BCUT2D eigenvalue weighted by molar-refractivity contribution is 0.257. The van der Waals surface area contributed by atoms with Crippen molar-refractivity contribution in [3.63, 3.8) is 0 Å². The van der Waals surface area contributed by atoms with Gasteiger partial charge < -0.3 is 19.0 Å². The number of fused-ring (bicyclic) bond motifs is 1. The fraction of sp³-hybridized carbons (Fsp3) is 0.560. The van der Waals surface area contributed by atoms with Crippen LogP contribution in [-0.4, -0.2) is 18.3 Å². The summed E-state index contributed by atoms with van der Waals surface area (Å²) < 4.78 is 17.0. The Hall–Kier alpha value is -2.43. The average molecular weight is 417 g/mol. The summed E-state index contributed by atoms with van der Waals surface area (Å²) in [5.41, 5.74) is -0.289. The largest absolute Gasteiger partial charge is 0.507 e. The zero-order valence-electron chi connectivity index (χ0n) is 18.5. The zero-order valence-corrected chi connectivity index (χ0v) is 18.5. The Morgan fingerprint density at radius 1 is 0.900 bits per heavy atom. The van der Waals surface area contributed by atoms with Crippen LogP contribution in [0, 0.1) is 0 Å². The van der Waals surface area contributed by atoms with Crippen LogP contribution in [0.25, 0.3) is 11.0 Å². The van der Waals surface area contributed by atoms with Crippen LogP contribution in [0.2, 0.25) is 0 Å². The first-order chi connectivity index (χ1) is 14.7. The van der Waals surface area contributed by atoms with Crippen molar-refractivity contribution < 1.29 is 19.0 Å². The van der Waals surface area contributed by atoms with E-state index in [0.717, 1.165) is 19.3 Å². The number of hydrogen-bond donors (Lipinski definition) is 1.